The normalized spacial score (nSPS) is 22.0. The van der Waals surface area contributed by atoms with Crippen LogP contribution in [0.4, 0.5) is 4.39 Å². The Hall–Kier alpha value is -1.31. The Morgan fingerprint density at radius 2 is 2.07 bits per heavy atom. The van der Waals surface area contributed by atoms with Crippen molar-refractivity contribution in [1.29, 1.82) is 0 Å². The van der Waals surface area contributed by atoms with E-state index in [1.54, 1.807) is 34.6 Å². The molecule has 3 rings (SSSR count). The molecule has 1 unspecified atom stereocenters. The predicted molar refractivity (Wildman–Crippen MR) is 107 cm³/mol. The summed E-state index contributed by atoms with van der Waals surface area (Å²) in [5.74, 6) is 0.0427. The summed E-state index contributed by atoms with van der Waals surface area (Å²) in [6, 6.07) is 2.67. The van der Waals surface area contributed by atoms with E-state index in [2.05, 4.69) is 5.32 Å². The van der Waals surface area contributed by atoms with Gasteiger partial charge in [0, 0.05) is 33.0 Å². The second-order valence-corrected chi connectivity index (χ2v) is 8.62. The van der Waals surface area contributed by atoms with Crippen molar-refractivity contribution in [2.24, 2.45) is 0 Å². The number of benzene rings is 1. The molecule has 2 saturated heterocycles. The summed E-state index contributed by atoms with van der Waals surface area (Å²) in [6.07, 6.45) is 4.04. The Morgan fingerprint density at radius 1 is 1.41 bits per heavy atom. The van der Waals surface area contributed by atoms with Crippen molar-refractivity contribution in [2.75, 3.05) is 32.1 Å². The lowest BCUT2D eigenvalue weighted by atomic mass is 9.95. The molecule has 0 radical (unpaired) electrons. The fourth-order valence-electron chi connectivity index (χ4n) is 3.93. The van der Waals surface area contributed by atoms with Crippen LogP contribution in [-0.2, 0) is 4.79 Å². The van der Waals surface area contributed by atoms with Gasteiger partial charge in [-0.25, -0.2) is 4.39 Å². The summed E-state index contributed by atoms with van der Waals surface area (Å²) < 4.78 is 14.2. The summed E-state index contributed by atoms with van der Waals surface area (Å²) in [4.78, 5) is 28.8. The molecule has 148 valence electrons. The second kappa shape index (κ2) is 7.97. The number of thioether (sulfide) groups is 1. The van der Waals surface area contributed by atoms with Crippen molar-refractivity contribution < 1.29 is 14.0 Å². The van der Waals surface area contributed by atoms with Crippen molar-refractivity contribution in [3.63, 3.8) is 0 Å². The SMILES string of the molecule is CSCCC1NC2(CCN(C(=O)c3c(F)ccc(C)c3Cl)CC2)N(C)C1=O. The van der Waals surface area contributed by atoms with E-state index in [-0.39, 0.29) is 28.4 Å². The van der Waals surface area contributed by atoms with Crippen molar-refractivity contribution in [3.05, 3.63) is 34.1 Å². The molecule has 0 aromatic heterocycles. The van der Waals surface area contributed by atoms with Gasteiger partial charge in [-0.05, 0) is 37.0 Å². The van der Waals surface area contributed by atoms with Gasteiger partial charge in [0.25, 0.3) is 5.91 Å². The summed E-state index contributed by atoms with van der Waals surface area (Å²) in [5.41, 5.74) is 0.190. The van der Waals surface area contributed by atoms with Gasteiger partial charge in [0.15, 0.2) is 0 Å². The van der Waals surface area contributed by atoms with E-state index in [9.17, 15) is 14.0 Å². The summed E-state index contributed by atoms with van der Waals surface area (Å²) >= 11 is 7.91. The molecule has 0 bridgehead atoms. The van der Waals surface area contributed by atoms with Crippen LogP contribution in [0.5, 0.6) is 0 Å². The first-order valence-corrected chi connectivity index (χ1v) is 10.9. The molecule has 5 nitrogen and oxygen atoms in total. The largest absolute Gasteiger partial charge is 0.338 e. The molecular weight excluding hydrogens is 389 g/mol. The van der Waals surface area contributed by atoms with E-state index >= 15 is 0 Å². The Balaban J connectivity index is 1.71. The molecule has 2 heterocycles. The Bertz CT molecular complexity index is 753. The summed E-state index contributed by atoms with van der Waals surface area (Å²) in [6.45, 7) is 2.65. The van der Waals surface area contributed by atoms with Crippen LogP contribution in [0.15, 0.2) is 12.1 Å². The predicted octanol–water partition coefficient (Wildman–Crippen LogP) is 2.90. The van der Waals surface area contributed by atoms with Crippen LogP contribution in [-0.4, -0.2) is 65.5 Å². The van der Waals surface area contributed by atoms with Crippen LogP contribution < -0.4 is 5.32 Å². The molecule has 1 aromatic carbocycles. The van der Waals surface area contributed by atoms with E-state index in [1.807, 2.05) is 13.3 Å². The highest BCUT2D eigenvalue weighted by Gasteiger charge is 2.49. The molecule has 1 spiro atoms. The lowest BCUT2D eigenvalue weighted by molar-refractivity contribution is -0.131. The fraction of sp³-hybridized carbons (Fsp3) is 0.579. The molecule has 2 aliphatic heterocycles. The zero-order chi connectivity index (χ0) is 19.8. The smallest absolute Gasteiger partial charge is 0.258 e. The molecule has 2 aliphatic rings. The number of halogens is 2. The molecule has 2 fully saturated rings. The number of piperidine rings is 1. The lowest BCUT2D eigenvalue weighted by Crippen LogP contribution is -2.58. The average Bonchev–Trinajstić information content (AvgIpc) is 2.88. The second-order valence-electron chi connectivity index (χ2n) is 7.25. The first-order chi connectivity index (χ1) is 12.8. The molecule has 27 heavy (non-hydrogen) atoms. The van der Waals surface area contributed by atoms with Crippen LogP contribution >= 0.6 is 23.4 Å². The molecule has 1 N–H and O–H groups in total. The van der Waals surface area contributed by atoms with Gasteiger partial charge in [0.2, 0.25) is 5.91 Å². The number of hydrogen-bond acceptors (Lipinski definition) is 4. The third-order valence-electron chi connectivity index (χ3n) is 5.70. The molecule has 0 aliphatic carbocycles. The number of carbonyl (C=O) groups excluding carboxylic acids is 2. The highest BCUT2D eigenvalue weighted by atomic mass is 35.5. The van der Waals surface area contributed by atoms with Gasteiger partial charge in [-0.3, -0.25) is 14.9 Å². The van der Waals surface area contributed by atoms with Gasteiger partial charge in [-0.15, -0.1) is 0 Å². The number of aryl methyl sites for hydroxylation is 1. The minimum Gasteiger partial charge on any atom is -0.338 e. The molecule has 2 amide bonds. The van der Waals surface area contributed by atoms with Crippen LogP contribution in [0, 0.1) is 12.7 Å². The van der Waals surface area contributed by atoms with Gasteiger partial charge < -0.3 is 9.80 Å². The average molecular weight is 414 g/mol. The maximum absolute atomic E-state index is 14.2. The number of rotatable bonds is 4. The molecule has 0 saturated carbocycles. The first kappa shape index (κ1) is 20.4. The van der Waals surface area contributed by atoms with Crippen LogP contribution in [0.2, 0.25) is 5.02 Å². The number of nitrogens with zero attached hydrogens (tertiary/aromatic N) is 2. The van der Waals surface area contributed by atoms with E-state index in [0.717, 1.165) is 12.2 Å². The monoisotopic (exact) mass is 413 g/mol. The third-order valence-corrected chi connectivity index (χ3v) is 6.83. The number of likely N-dealkylation sites (tertiary alicyclic amines) is 1. The van der Waals surface area contributed by atoms with E-state index in [1.165, 1.54) is 6.07 Å². The quantitative estimate of drug-likeness (QED) is 0.824. The molecule has 1 aromatic rings. The van der Waals surface area contributed by atoms with E-state index in [0.29, 0.717) is 31.5 Å². The minimum atomic E-state index is -0.598. The van der Waals surface area contributed by atoms with Crippen LogP contribution in [0.25, 0.3) is 0 Å². The standard InChI is InChI=1S/C19H25ClFN3O2S/c1-12-4-5-13(21)15(16(12)20)18(26)24-9-7-19(8-10-24)22-14(6-11-27-3)17(25)23(19)2/h4-5,14,22H,6-11H2,1-3H3. The lowest BCUT2D eigenvalue weighted by Gasteiger charge is -2.43. The van der Waals surface area contributed by atoms with E-state index < -0.39 is 11.5 Å². The zero-order valence-electron chi connectivity index (χ0n) is 15.8. The highest BCUT2D eigenvalue weighted by Crippen LogP contribution is 2.33. The number of likely N-dealkylation sites (N-methyl/N-ethyl adjacent to an activating group) is 1. The van der Waals surface area contributed by atoms with Crippen molar-refractivity contribution in [2.45, 2.75) is 37.9 Å². The number of carbonyl (C=O) groups is 2. The number of amides is 2. The van der Waals surface area contributed by atoms with Crippen molar-refractivity contribution in [1.82, 2.24) is 15.1 Å². The molecule has 8 heteroatoms. The van der Waals surface area contributed by atoms with E-state index in [4.69, 9.17) is 11.6 Å². The summed E-state index contributed by atoms with van der Waals surface area (Å²) in [5, 5.41) is 3.67. The van der Waals surface area contributed by atoms with Crippen molar-refractivity contribution >= 4 is 35.2 Å². The van der Waals surface area contributed by atoms with Gasteiger partial charge in [-0.1, -0.05) is 17.7 Å². The number of nitrogens with one attached hydrogen (secondary N) is 1. The van der Waals surface area contributed by atoms with Crippen molar-refractivity contribution in [3.8, 4) is 0 Å². The summed E-state index contributed by atoms with van der Waals surface area (Å²) in [7, 11) is 1.82. The Labute approximate surface area is 168 Å². The molecular formula is C19H25ClFN3O2S. The number of hydrogen-bond donors (Lipinski definition) is 1. The van der Waals surface area contributed by atoms with Gasteiger partial charge in [0.05, 0.1) is 22.3 Å². The topological polar surface area (TPSA) is 52.7 Å². The maximum atomic E-state index is 14.2. The maximum Gasteiger partial charge on any atom is 0.258 e. The van der Waals surface area contributed by atoms with Gasteiger partial charge >= 0.3 is 0 Å². The first-order valence-electron chi connectivity index (χ1n) is 9.09. The highest BCUT2D eigenvalue weighted by molar-refractivity contribution is 7.98. The van der Waals surface area contributed by atoms with Gasteiger partial charge in [-0.2, -0.15) is 11.8 Å². The third kappa shape index (κ3) is 3.69. The Morgan fingerprint density at radius 3 is 2.70 bits per heavy atom. The fourth-order valence-corrected chi connectivity index (χ4v) is 4.63. The molecule has 1 atom stereocenters. The minimum absolute atomic E-state index is 0.0609. The Kier molecular flexibility index (Phi) is 6.03. The van der Waals surface area contributed by atoms with Crippen LogP contribution in [0.3, 0.4) is 0 Å². The van der Waals surface area contributed by atoms with Gasteiger partial charge in [0.1, 0.15) is 5.82 Å². The zero-order valence-corrected chi connectivity index (χ0v) is 17.4. The van der Waals surface area contributed by atoms with Crippen LogP contribution in [0.1, 0.15) is 35.2 Å².